The maximum absolute atomic E-state index is 12.7. The number of pyridine rings is 2. The van der Waals surface area contributed by atoms with Crippen molar-refractivity contribution in [1.29, 1.82) is 5.26 Å². The number of hydrogen-bond acceptors (Lipinski definition) is 5. The van der Waals surface area contributed by atoms with E-state index in [9.17, 15) is 14.9 Å². The predicted octanol–water partition coefficient (Wildman–Crippen LogP) is 2.64. The fraction of sp³-hybridized carbons (Fsp3) is 0.250. The van der Waals surface area contributed by atoms with Crippen molar-refractivity contribution < 1.29 is 4.79 Å². The van der Waals surface area contributed by atoms with Crippen molar-refractivity contribution in [2.45, 2.75) is 12.8 Å². The Morgan fingerprint density at radius 1 is 1.19 bits per heavy atom. The summed E-state index contributed by atoms with van der Waals surface area (Å²) in [7, 11) is 1.68. The summed E-state index contributed by atoms with van der Waals surface area (Å²) in [5, 5.41) is 13.4. The number of nitriles is 1. The Bertz CT molecular complexity index is 1300. The highest BCUT2D eigenvalue weighted by molar-refractivity contribution is 5.95. The van der Waals surface area contributed by atoms with Crippen molar-refractivity contribution in [3.05, 3.63) is 64.1 Å². The van der Waals surface area contributed by atoms with Crippen molar-refractivity contribution in [1.82, 2.24) is 9.55 Å². The number of para-hydroxylation sites is 1. The van der Waals surface area contributed by atoms with Crippen LogP contribution in [0.4, 0.5) is 11.5 Å². The number of rotatable bonds is 3. The second-order valence-corrected chi connectivity index (χ2v) is 7.52. The van der Waals surface area contributed by atoms with Crippen LogP contribution in [0.5, 0.6) is 0 Å². The van der Waals surface area contributed by atoms with Crippen LogP contribution in [-0.4, -0.2) is 28.5 Å². The molecule has 1 aromatic carbocycles. The average molecular weight is 411 g/mol. The molecule has 3 aromatic rings. The van der Waals surface area contributed by atoms with Crippen molar-refractivity contribution in [2.24, 2.45) is 13.0 Å². The first-order valence-corrected chi connectivity index (χ1v) is 10.0. The molecule has 1 N–H and O–H groups in total. The van der Waals surface area contributed by atoms with Crippen LogP contribution < -0.4 is 15.8 Å². The van der Waals surface area contributed by atoms with Gasteiger partial charge in [-0.3, -0.25) is 9.59 Å². The third-order valence-corrected chi connectivity index (χ3v) is 5.72. The molecule has 31 heavy (non-hydrogen) atoms. The number of anilines is 2. The first-order valence-electron chi connectivity index (χ1n) is 10.0. The number of benzene rings is 1. The first-order chi connectivity index (χ1) is 15.0. The molecule has 0 radical (unpaired) electrons. The smallest absolute Gasteiger partial charge is 0.270 e. The van der Waals surface area contributed by atoms with Gasteiger partial charge in [0.15, 0.2) is 0 Å². The number of nitrogens with zero attached hydrogens (tertiary/aromatic N) is 4. The van der Waals surface area contributed by atoms with Gasteiger partial charge in [0.2, 0.25) is 5.91 Å². The van der Waals surface area contributed by atoms with Crippen LogP contribution in [0.15, 0.2) is 47.3 Å². The molecule has 3 heterocycles. The Morgan fingerprint density at radius 3 is 2.65 bits per heavy atom. The predicted molar refractivity (Wildman–Crippen MR) is 120 cm³/mol. The lowest BCUT2D eigenvalue weighted by Gasteiger charge is -2.34. The van der Waals surface area contributed by atoms with Crippen molar-refractivity contribution >= 4 is 28.3 Å². The molecule has 2 aromatic heterocycles. The van der Waals surface area contributed by atoms with Gasteiger partial charge in [0, 0.05) is 31.4 Å². The molecule has 1 fully saturated rings. The highest BCUT2D eigenvalue weighted by Gasteiger charge is 2.28. The van der Waals surface area contributed by atoms with Crippen LogP contribution in [0.1, 0.15) is 24.1 Å². The molecule has 0 atom stereocenters. The molecule has 4 rings (SSSR count). The van der Waals surface area contributed by atoms with Gasteiger partial charge in [-0.1, -0.05) is 30.2 Å². The Kier molecular flexibility index (Phi) is 5.43. The van der Waals surface area contributed by atoms with Gasteiger partial charge in [0.05, 0.1) is 11.2 Å². The normalized spacial score (nSPS) is 14.1. The van der Waals surface area contributed by atoms with Gasteiger partial charge in [-0.05, 0) is 31.0 Å². The van der Waals surface area contributed by atoms with Crippen LogP contribution in [0.25, 0.3) is 10.9 Å². The minimum atomic E-state index is -0.310. The number of fused-ring (bicyclic) bond motifs is 1. The standard InChI is InChI=1S/C24H21N5O2/c1-3-17-7-6-10-21(26-17)27-23(30)16-11-13-29(14-12-16)22-18-8-4-5-9-20(18)28(2)24(31)19(22)15-25/h1,4-10,16H,11-14H2,2H3,(H,26,27,30). The lowest BCUT2D eigenvalue weighted by atomic mass is 9.94. The lowest BCUT2D eigenvalue weighted by Crippen LogP contribution is -2.39. The summed E-state index contributed by atoms with van der Waals surface area (Å²) in [5.41, 5.74) is 1.73. The highest BCUT2D eigenvalue weighted by Crippen LogP contribution is 2.32. The molecule has 1 amide bonds. The van der Waals surface area contributed by atoms with Gasteiger partial charge in [0.1, 0.15) is 23.1 Å². The van der Waals surface area contributed by atoms with Crippen LogP contribution in [-0.2, 0) is 11.8 Å². The SMILES string of the molecule is C#Cc1cccc(NC(=O)C2CCN(c3c(C#N)c(=O)n(C)c4ccccc34)CC2)n1. The minimum Gasteiger partial charge on any atom is -0.370 e. The second kappa shape index (κ2) is 8.33. The zero-order valence-corrected chi connectivity index (χ0v) is 17.1. The summed E-state index contributed by atoms with van der Waals surface area (Å²) in [6, 6.07) is 14.8. The van der Waals surface area contributed by atoms with Gasteiger partial charge in [-0.15, -0.1) is 6.42 Å². The Hall–Kier alpha value is -4.10. The maximum atomic E-state index is 12.7. The van der Waals surface area contributed by atoms with E-state index < -0.39 is 0 Å². The number of aryl methyl sites for hydroxylation is 1. The summed E-state index contributed by atoms with van der Waals surface area (Å²) in [6.45, 7) is 1.14. The fourth-order valence-electron chi connectivity index (χ4n) is 4.09. The molecule has 0 unspecified atom stereocenters. The van der Waals surface area contributed by atoms with E-state index in [-0.39, 0.29) is 22.9 Å². The van der Waals surface area contributed by atoms with Gasteiger partial charge in [0.25, 0.3) is 5.56 Å². The van der Waals surface area contributed by atoms with Gasteiger partial charge >= 0.3 is 0 Å². The number of amides is 1. The monoisotopic (exact) mass is 411 g/mol. The van der Waals surface area contributed by atoms with E-state index in [1.165, 1.54) is 4.57 Å². The quantitative estimate of drug-likeness (QED) is 0.669. The largest absolute Gasteiger partial charge is 0.370 e. The topological polar surface area (TPSA) is 91.0 Å². The molecular formula is C24H21N5O2. The van der Waals surface area contributed by atoms with E-state index >= 15 is 0 Å². The first kappa shape index (κ1) is 20.2. The van der Waals surface area contributed by atoms with E-state index in [4.69, 9.17) is 6.42 Å². The molecule has 1 saturated heterocycles. The second-order valence-electron chi connectivity index (χ2n) is 7.52. The average Bonchev–Trinajstić information content (AvgIpc) is 2.81. The number of piperidine rings is 1. The van der Waals surface area contributed by atoms with Crippen molar-refractivity contribution in [2.75, 3.05) is 23.3 Å². The molecule has 0 saturated carbocycles. The summed E-state index contributed by atoms with van der Waals surface area (Å²) >= 11 is 0. The number of carbonyl (C=O) groups excluding carboxylic acids is 1. The van der Waals surface area contributed by atoms with Gasteiger partial charge in [-0.2, -0.15) is 5.26 Å². The Balaban J connectivity index is 1.56. The Morgan fingerprint density at radius 2 is 1.94 bits per heavy atom. The molecule has 0 bridgehead atoms. The number of terminal acetylenes is 1. The molecule has 7 heteroatoms. The molecule has 0 aliphatic carbocycles. The van der Waals surface area contributed by atoms with Crippen LogP contribution in [0, 0.1) is 29.6 Å². The molecule has 0 spiro atoms. The summed E-state index contributed by atoms with van der Waals surface area (Å²) in [4.78, 5) is 31.7. The zero-order valence-electron chi connectivity index (χ0n) is 17.1. The van der Waals surface area contributed by atoms with E-state index in [0.29, 0.717) is 43.1 Å². The number of hydrogen-bond donors (Lipinski definition) is 1. The number of nitrogens with one attached hydrogen (secondary N) is 1. The Labute approximate surface area is 179 Å². The summed E-state index contributed by atoms with van der Waals surface area (Å²) < 4.78 is 1.51. The van der Waals surface area contributed by atoms with Crippen molar-refractivity contribution in [3.63, 3.8) is 0 Å². The highest BCUT2D eigenvalue weighted by atomic mass is 16.2. The van der Waals surface area contributed by atoms with Gasteiger partial charge in [-0.25, -0.2) is 4.98 Å². The zero-order chi connectivity index (χ0) is 22.0. The van der Waals surface area contributed by atoms with E-state index in [1.54, 1.807) is 25.2 Å². The maximum Gasteiger partial charge on any atom is 0.270 e. The van der Waals surface area contributed by atoms with Crippen molar-refractivity contribution in [3.8, 4) is 18.4 Å². The number of carbonyl (C=O) groups is 1. The molecular weight excluding hydrogens is 390 g/mol. The minimum absolute atomic E-state index is 0.101. The van der Waals surface area contributed by atoms with Crippen LogP contribution >= 0.6 is 0 Å². The molecule has 7 nitrogen and oxygen atoms in total. The van der Waals surface area contributed by atoms with E-state index in [2.05, 4.69) is 22.3 Å². The van der Waals surface area contributed by atoms with E-state index in [0.717, 1.165) is 10.9 Å². The third-order valence-electron chi connectivity index (χ3n) is 5.72. The van der Waals surface area contributed by atoms with E-state index in [1.807, 2.05) is 29.2 Å². The summed E-state index contributed by atoms with van der Waals surface area (Å²) in [5.74, 6) is 2.61. The van der Waals surface area contributed by atoms with Crippen LogP contribution in [0.3, 0.4) is 0 Å². The van der Waals surface area contributed by atoms with Crippen LogP contribution in [0.2, 0.25) is 0 Å². The lowest BCUT2D eigenvalue weighted by molar-refractivity contribution is -0.120. The molecule has 1 aliphatic rings. The molecule has 154 valence electrons. The summed E-state index contributed by atoms with van der Waals surface area (Å²) in [6.07, 6.45) is 6.58. The van der Waals surface area contributed by atoms with Gasteiger partial charge < -0.3 is 14.8 Å². The number of aromatic nitrogens is 2. The molecule has 1 aliphatic heterocycles. The fourth-order valence-corrected chi connectivity index (χ4v) is 4.09. The third kappa shape index (κ3) is 3.74.